The second kappa shape index (κ2) is 7.36. The number of aromatic nitrogens is 4. The summed E-state index contributed by atoms with van der Waals surface area (Å²) in [7, 11) is -3.91. The summed E-state index contributed by atoms with van der Waals surface area (Å²) in [6.07, 6.45) is 5.17. The standard InChI is InChI=1S/C18H18FN5O3S/c1-12-10-21-15(11-20-12)17-22-23-18(27-17)16-7-2-3-8-24(16)28(25,26)14-6-4-5-13(19)9-14/h4-6,9-11,16H,2-3,7-8H2,1H3/t16-/m0/s1. The molecule has 1 fully saturated rings. The zero-order chi connectivity index (χ0) is 19.7. The Balaban J connectivity index is 1.67. The first-order valence-corrected chi connectivity index (χ1v) is 10.3. The molecule has 0 radical (unpaired) electrons. The molecule has 0 unspecified atom stereocenters. The van der Waals surface area contributed by atoms with Gasteiger partial charge in [0.05, 0.1) is 16.8 Å². The number of sulfonamides is 1. The van der Waals surface area contributed by atoms with Gasteiger partial charge in [-0.25, -0.2) is 17.8 Å². The molecule has 1 aromatic carbocycles. The molecular formula is C18H18FN5O3S. The van der Waals surface area contributed by atoms with Crippen molar-refractivity contribution in [2.45, 2.75) is 37.1 Å². The molecule has 0 aliphatic carbocycles. The Bertz CT molecular complexity index is 1080. The lowest BCUT2D eigenvalue weighted by atomic mass is 10.1. The minimum atomic E-state index is -3.91. The second-order valence-corrected chi connectivity index (χ2v) is 8.46. The quantitative estimate of drug-likeness (QED) is 0.660. The summed E-state index contributed by atoms with van der Waals surface area (Å²) in [6, 6.07) is 4.37. The normalized spacial score (nSPS) is 18.3. The fraction of sp³-hybridized carbons (Fsp3) is 0.333. The summed E-state index contributed by atoms with van der Waals surface area (Å²) >= 11 is 0. The molecule has 3 aromatic rings. The van der Waals surface area contributed by atoms with Crippen molar-refractivity contribution in [1.82, 2.24) is 24.5 Å². The van der Waals surface area contributed by atoms with E-state index >= 15 is 0 Å². The Kier molecular flexibility index (Phi) is 4.90. The fourth-order valence-corrected chi connectivity index (χ4v) is 4.86. The first-order chi connectivity index (χ1) is 13.4. The Hall–Kier alpha value is -2.72. The highest BCUT2D eigenvalue weighted by Crippen LogP contribution is 2.35. The molecule has 8 nitrogen and oxygen atoms in total. The maximum absolute atomic E-state index is 13.6. The molecule has 0 spiro atoms. The molecule has 3 heterocycles. The molecule has 146 valence electrons. The summed E-state index contributed by atoms with van der Waals surface area (Å²) in [4.78, 5) is 8.25. The van der Waals surface area contributed by atoms with Crippen molar-refractivity contribution >= 4 is 10.0 Å². The van der Waals surface area contributed by atoms with Gasteiger partial charge in [-0.2, -0.15) is 4.31 Å². The van der Waals surface area contributed by atoms with Gasteiger partial charge in [-0.1, -0.05) is 12.5 Å². The van der Waals surface area contributed by atoms with E-state index in [2.05, 4.69) is 20.2 Å². The van der Waals surface area contributed by atoms with Crippen molar-refractivity contribution in [3.63, 3.8) is 0 Å². The zero-order valence-corrected chi connectivity index (χ0v) is 15.9. The van der Waals surface area contributed by atoms with Gasteiger partial charge >= 0.3 is 0 Å². The van der Waals surface area contributed by atoms with Crippen LogP contribution in [0.15, 0.2) is 46.0 Å². The van der Waals surface area contributed by atoms with E-state index in [0.717, 1.165) is 18.2 Å². The molecule has 1 saturated heterocycles. The van der Waals surface area contributed by atoms with E-state index < -0.39 is 21.9 Å². The zero-order valence-electron chi connectivity index (χ0n) is 15.1. The van der Waals surface area contributed by atoms with Crippen LogP contribution < -0.4 is 0 Å². The molecule has 0 saturated carbocycles. The van der Waals surface area contributed by atoms with Crippen molar-refractivity contribution < 1.29 is 17.2 Å². The minimum Gasteiger partial charge on any atom is -0.417 e. The minimum absolute atomic E-state index is 0.0939. The van der Waals surface area contributed by atoms with Gasteiger partial charge in [-0.15, -0.1) is 10.2 Å². The summed E-state index contributed by atoms with van der Waals surface area (Å²) in [5.74, 6) is -0.235. The Morgan fingerprint density at radius 2 is 2.04 bits per heavy atom. The van der Waals surface area contributed by atoms with Crippen LogP contribution in [0.4, 0.5) is 4.39 Å². The number of nitrogens with zero attached hydrogens (tertiary/aromatic N) is 5. The maximum atomic E-state index is 13.6. The molecule has 0 bridgehead atoms. The van der Waals surface area contributed by atoms with Crippen molar-refractivity contribution in [1.29, 1.82) is 0 Å². The van der Waals surface area contributed by atoms with Gasteiger partial charge in [-0.05, 0) is 38.0 Å². The number of benzene rings is 1. The first kappa shape index (κ1) is 18.6. The van der Waals surface area contributed by atoms with Crippen LogP contribution in [-0.2, 0) is 10.0 Å². The van der Waals surface area contributed by atoms with E-state index in [1.165, 1.54) is 28.7 Å². The van der Waals surface area contributed by atoms with Crippen molar-refractivity contribution in [3.05, 3.63) is 54.1 Å². The fourth-order valence-electron chi connectivity index (χ4n) is 3.18. The SMILES string of the molecule is Cc1cnc(-c2nnc([C@@H]3CCCCN3S(=O)(=O)c3cccc(F)c3)o2)cn1. The highest BCUT2D eigenvalue weighted by Gasteiger charge is 2.37. The highest BCUT2D eigenvalue weighted by atomic mass is 32.2. The van der Waals surface area contributed by atoms with E-state index in [4.69, 9.17) is 4.42 Å². The second-order valence-electron chi connectivity index (χ2n) is 6.57. The molecule has 2 aromatic heterocycles. The molecule has 1 aliphatic rings. The Morgan fingerprint density at radius 3 is 2.79 bits per heavy atom. The van der Waals surface area contributed by atoms with Crippen molar-refractivity contribution in [2.75, 3.05) is 6.54 Å². The molecule has 1 atom stereocenters. The van der Waals surface area contributed by atoms with Crippen LogP contribution in [0.5, 0.6) is 0 Å². The number of hydrogen-bond donors (Lipinski definition) is 0. The topological polar surface area (TPSA) is 102 Å². The van der Waals surface area contributed by atoms with Gasteiger partial charge in [0.25, 0.3) is 5.89 Å². The number of piperidine rings is 1. The van der Waals surface area contributed by atoms with Crippen LogP contribution in [0.25, 0.3) is 11.6 Å². The third-order valence-corrected chi connectivity index (χ3v) is 6.49. The third kappa shape index (κ3) is 3.52. The van der Waals surface area contributed by atoms with E-state index in [1.54, 1.807) is 6.20 Å². The maximum Gasteiger partial charge on any atom is 0.267 e. The van der Waals surface area contributed by atoms with E-state index in [9.17, 15) is 12.8 Å². The van der Waals surface area contributed by atoms with Gasteiger partial charge in [0, 0.05) is 12.7 Å². The first-order valence-electron chi connectivity index (χ1n) is 8.85. The van der Waals surface area contributed by atoms with Gasteiger partial charge in [0.2, 0.25) is 15.9 Å². The molecule has 0 N–H and O–H groups in total. The Morgan fingerprint density at radius 1 is 1.18 bits per heavy atom. The van der Waals surface area contributed by atoms with Gasteiger partial charge in [-0.3, -0.25) is 4.98 Å². The molecule has 0 amide bonds. The van der Waals surface area contributed by atoms with Gasteiger partial charge in [0.15, 0.2) is 0 Å². The Labute approximate surface area is 161 Å². The van der Waals surface area contributed by atoms with E-state index in [-0.39, 0.29) is 16.7 Å². The molecular weight excluding hydrogens is 385 g/mol. The lowest BCUT2D eigenvalue weighted by Crippen LogP contribution is -2.38. The van der Waals surface area contributed by atoms with Crippen molar-refractivity contribution in [3.8, 4) is 11.6 Å². The van der Waals surface area contributed by atoms with Crippen molar-refractivity contribution in [2.24, 2.45) is 0 Å². The summed E-state index contributed by atoms with van der Waals surface area (Å²) < 4.78 is 46.8. The van der Waals surface area contributed by atoms with E-state index in [0.29, 0.717) is 25.1 Å². The number of hydrogen-bond acceptors (Lipinski definition) is 7. The summed E-state index contributed by atoms with van der Waals surface area (Å²) in [5.41, 5.74) is 1.17. The molecule has 28 heavy (non-hydrogen) atoms. The number of halogens is 1. The predicted molar refractivity (Wildman–Crippen MR) is 96.9 cm³/mol. The monoisotopic (exact) mass is 403 g/mol. The predicted octanol–water partition coefficient (Wildman–Crippen LogP) is 2.89. The van der Waals surface area contributed by atoms with Crippen LogP contribution >= 0.6 is 0 Å². The molecule has 4 rings (SSSR count). The summed E-state index contributed by atoms with van der Waals surface area (Å²) in [6.45, 7) is 2.11. The average molecular weight is 403 g/mol. The largest absolute Gasteiger partial charge is 0.417 e. The van der Waals surface area contributed by atoms with Gasteiger partial charge in [0.1, 0.15) is 17.6 Å². The lowest BCUT2D eigenvalue weighted by molar-refractivity contribution is 0.220. The number of aryl methyl sites for hydroxylation is 1. The average Bonchev–Trinajstić information content (AvgIpc) is 3.18. The van der Waals surface area contributed by atoms with Crippen LogP contribution in [0.1, 0.15) is 36.9 Å². The van der Waals surface area contributed by atoms with Crippen LogP contribution in [0.3, 0.4) is 0 Å². The van der Waals surface area contributed by atoms with Gasteiger partial charge < -0.3 is 4.42 Å². The van der Waals surface area contributed by atoms with Crippen LogP contribution in [-0.4, -0.2) is 39.4 Å². The summed E-state index contributed by atoms with van der Waals surface area (Å²) in [5, 5.41) is 8.04. The van der Waals surface area contributed by atoms with E-state index in [1.807, 2.05) is 6.92 Å². The lowest BCUT2D eigenvalue weighted by Gasteiger charge is -2.32. The smallest absolute Gasteiger partial charge is 0.267 e. The van der Waals surface area contributed by atoms with Crippen LogP contribution in [0, 0.1) is 12.7 Å². The van der Waals surface area contributed by atoms with Crippen LogP contribution in [0.2, 0.25) is 0 Å². The molecule has 10 heteroatoms. The highest BCUT2D eigenvalue weighted by molar-refractivity contribution is 7.89. The molecule has 1 aliphatic heterocycles. The third-order valence-electron chi connectivity index (χ3n) is 4.58. The number of rotatable bonds is 4.